The zero-order valence-corrected chi connectivity index (χ0v) is 10.9. The number of rotatable bonds is 3. The molecule has 3 nitrogen and oxygen atoms in total. The summed E-state index contributed by atoms with van der Waals surface area (Å²) in [5, 5.41) is 9.81. The van der Waals surface area contributed by atoms with Gasteiger partial charge < -0.3 is 9.52 Å². The Labute approximate surface area is 116 Å². The van der Waals surface area contributed by atoms with E-state index in [1.54, 1.807) is 6.07 Å². The molecule has 0 atom stereocenters. The quantitative estimate of drug-likeness (QED) is 0.791. The van der Waals surface area contributed by atoms with E-state index in [-0.39, 0.29) is 11.2 Å². The van der Waals surface area contributed by atoms with Crippen LogP contribution in [0.2, 0.25) is 0 Å². The lowest BCUT2D eigenvalue weighted by Gasteiger charge is -2.04. The lowest BCUT2D eigenvalue weighted by Crippen LogP contribution is -2.03. The standard InChI is InChI=1S/C17H14O3/c18-13-7-9-17-15(10-13)16(19)11-14(20-17)8-6-12-4-2-1-3-5-12/h1-5,7,9-11,18H,6,8H2. The first-order valence-corrected chi connectivity index (χ1v) is 6.52. The van der Waals surface area contributed by atoms with Crippen LogP contribution in [0.3, 0.4) is 0 Å². The van der Waals surface area contributed by atoms with Gasteiger partial charge in [0.1, 0.15) is 17.1 Å². The maximum Gasteiger partial charge on any atom is 0.193 e. The van der Waals surface area contributed by atoms with Gasteiger partial charge in [0, 0.05) is 12.5 Å². The predicted octanol–water partition coefficient (Wildman–Crippen LogP) is 3.28. The minimum absolute atomic E-state index is 0.0711. The summed E-state index contributed by atoms with van der Waals surface area (Å²) in [6.45, 7) is 0. The van der Waals surface area contributed by atoms with Gasteiger partial charge >= 0.3 is 0 Å². The van der Waals surface area contributed by atoms with Gasteiger partial charge in [0.2, 0.25) is 0 Å². The Balaban J connectivity index is 1.89. The van der Waals surface area contributed by atoms with Crippen molar-refractivity contribution in [3.8, 4) is 5.75 Å². The van der Waals surface area contributed by atoms with E-state index in [0.717, 1.165) is 6.42 Å². The van der Waals surface area contributed by atoms with E-state index in [1.807, 2.05) is 18.2 Å². The first-order valence-electron chi connectivity index (χ1n) is 6.52. The first-order chi connectivity index (χ1) is 9.72. The molecular weight excluding hydrogens is 252 g/mol. The van der Waals surface area contributed by atoms with Crippen LogP contribution in [0.4, 0.5) is 0 Å². The van der Waals surface area contributed by atoms with Crippen LogP contribution in [-0.4, -0.2) is 5.11 Å². The van der Waals surface area contributed by atoms with Gasteiger partial charge in [0.25, 0.3) is 0 Å². The fraction of sp³-hybridized carbons (Fsp3) is 0.118. The van der Waals surface area contributed by atoms with Crippen molar-refractivity contribution in [3.63, 3.8) is 0 Å². The smallest absolute Gasteiger partial charge is 0.193 e. The van der Waals surface area contributed by atoms with Crippen LogP contribution in [0.25, 0.3) is 11.0 Å². The molecule has 100 valence electrons. The molecule has 0 radical (unpaired) electrons. The van der Waals surface area contributed by atoms with Gasteiger partial charge in [-0.1, -0.05) is 30.3 Å². The molecule has 0 saturated carbocycles. The Kier molecular flexibility index (Phi) is 3.25. The summed E-state index contributed by atoms with van der Waals surface area (Å²) < 4.78 is 5.71. The van der Waals surface area contributed by atoms with Crippen molar-refractivity contribution >= 4 is 11.0 Å². The lowest BCUT2D eigenvalue weighted by atomic mass is 10.1. The Morgan fingerprint density at radius 2 is 1.75 bits per heavy atom. The van der Waals surface area contributed by atoms with Gasteiger partial charge in [-0.05, 0) is 30.2 Å². The average Bonchev–Trinajstić information content (AvgIpc) is 2.47. The van der Waals surface area contributed by atoms with E-state index in [0.29, 0.717) is 23.2 Å². The maximum atomic E-state index is 12.0. The van der Waals surface area contributed by atoms with Gasteiger partial charge in [-0.25, -0.2) is 0 Å². The molecule has 0 amide bonds. The van der Waals surface area contributed by atoms with E-state index in [9.17, 15) is 9.90 Å². The zero-order chi connectivity index (χ0) is 13.9. The summed E-state index contributed by atoms with van der Waals surface area (Å²) in [4.78, 5) is 12.0. The van der Waals surface area contributed by atoms with Crippen LogP contribution < -0.4 is 5.43 Å². The molecule has 3 heteroatoms. The SMILES string of the molecule is O=c1cc(CCc2ccccc2)oc2ccc(O)cc12. The molecule has 20 heavy (non-hydrogen) atoms. The Morgan fingerprint density at radius 3 is 2.55 bits per heavy atom. The molecule has 0 fully saturated rings. The lowest BCUT2D eigenvalue weighted by molar-refractivity contribution is 0.474. The van der Waals surface area contributed by atoms with Crippen molar-refractivity contribution in [1.29, 1.82) is 0 Å². The summed E-state index contributed by atoms with van der Waals surface area (Å²) in [6, 6.07) is 16.2. The number of hydrogen-bond donors (Lipinski definition) is 1. The van der Waals surface area contributed by atoms with Crippen molar-refractivity contribution in [2.75, 3.05) is 0 Å². The summed E-state index contributed by atoms with van der Waals surface area (Å²) in [6.07, 6.45) is 1.50. The van der Waals surface area contributed by atoms with E-state index in [1.165, 1.54) is 23.8 Å². The maximum absolute atomic E-state index is 12.0. The molecule has 2 aromatic carbocycles. The van der Waals surface area contributed by atoms with Crippen molar-refractivity contribution in [1.82, 2.24) is 0 Å². The highest BCUT2D eigenvalue weighted by atomic mass is 16.3. The highest BCUT2D eigenvalue weighted by molar-refractivity contribution is 5.77. The molecule has 1 heterocycles. The molecule has 0 aliphatic rings. The normalized spacial score (nSPS) is 10.8. The van der Waals surface area contributed by atoms with Crippen LogP contribution in [0.1, 0.15) is 11.3 Å². The molecule has 0 saturated heterocycles. The number of fused-ring (bicyclic) bond motifs is 1. The minimum atomic E-state index is -0.120. The molecular formula is C17H14O3. The Morgan fingerprint density at radius 1 is 0.950 bits per heavy atom. The highest BCUT2D eigenvalue weighted by Gasteiger charge is 2.06. The molecule has 1 aromatic heterocycles. The number of aromatic hydroxyl groups is 1. The third-order valence-corrected chi connectivity index (χ3v) is 3.26. The number of hydrogen-bond acceptors (Lipinski definition) is 3. The van der Waals surface area contributed by atoms with Crippen molar-refractivity contribution < 1.29 is 9.52 Å². The predicted molar refractivity (Wildman–Crippen MR) is 78.0 cm³/mol. The van der Waals surface area contributed by atoms with E-state index in [2.05, 4.69) is 12.1 Å². The second-order valence-electron chi connectivity index (χ2n) is 4.74. The molecule has 0 spiro atoms. The first kappa shape index (κ1) is 12.5. The second-order valence-corrected chi connectivity index (χ2v) is 4.74. The Bertz CT molecular complexity index is 788. The molecule has 3 rings (SSSR count). The summed E-state index contributed by atoms with van der Waals surface area (Å²) in [5.41, 5.74) is 1.60. The number of phenols is 1. The monoisotopic (exact) mass is 266 g/mol. The van der Waals surface area contributed by atoms with Crippen LogP contribution in [0, 0.1) is 0 Å². The fourth-order valence-electron chi connectivity index (χ4n) is 2.23. The van der Waals surface area contributed by atoms with Gasteiger partial charge in [-0.3, -0.25) is 4.79 Å². The molecule has 0 aliphatic heterocycles. The molecule has 1 N–H and O–H groups in total. The molecule has 0 aliphatic carbocycles. The zero-order valence-electron chi connectivity index (χ0n) is 10.9. The summed E-state index contributed by atoms with van der Waals surface area (Å²) in [7, 11) is 0. The number of benzene rings is 2. The fourth-order valence-corrected chi connectivity index (χ4v) is 2.23. The summed E-state index contributed by atoms with van der Waals surface area (Å²) >= 11 is 0. The average molecular weight is 266 g/mol. The molecule has 0 unspecified atom stereocenters. The van der Waals surface area contributed by atoms with Crippen molar-refractivity contribution in [2.24, 2.45) is 0 Å². The topological polar surface area (TPSA) is 50.4 Å². The van der Waals surface area contributed by atoms with Crippen LogP contribution in [0.15, 0.2) is 63.8 Å². The third-order valence-electron chi connectivity index (χ3n) is 3.26. The highest BCUT2D eigenvalue weighted by Crippen LogP contribution is 2.18. The van der Waals surface area contributed by atoms with Crippen LogP contribution >= 0.6 is 0 Å². The van der Waals surface area contributed by atoms with E-state index in [4.69, 9.17) is 4.42 Å². The largest absolute Gasteiger partial charge is 0.508 e. The molecule has 3 aromatic rings. The van der Waals surface area contributed by atoms with E-state index < -0.39 is 0 Å². The van der Waals surface area contributed by atoms with Gasteiger partial charge in [-0.2, -0.15) is 0 Å². The number of aryl methyl sites for hydroxylation is 2. The molecule has 0 bridgehead atoms. The van der Waals surface area contributed by atoms with Crippen molar-refractivity contribution in [3.05, 3.63) is 76.1 Å². The van der Waals surface area contributed by atoms with Gasteiger partial charge in [-0.15, -0.1) is 0 Å². The van der Waals surface area contributed by atoms with Gasteiger partial charge in [0.05, 0.1) is 5.39 Å². The minimum Gasteiger partial charge on any atom is -0.508 e. The summed E-state index contributed by atoms with van der Waals surface area (Å²) in [5.74, 6) is 0.735. The van der Waals surface area contributed by atoms with Crippen LogP contribution in [-0.2, 0) is 12.8 Å². The third kappa shape index (κ3) is 2.57. The van der Waals surface area contributed by atoms with Crippen molar-refractivity contribution in [2.45, 2.75) is 12.8 Å². The van der Waals surface area contributed by atoms with Gasteiger partial charge in [0.15, 0.2) is 5.43 Å². The van der Waals surface area contributed by atoms with E-state index >= 15 is 0 Å². The Hall–Kier alpha value is -2.55. The number of phenolic OH excluding ortho intramolecular Hbond substituents is 1. The second kappa shape index (κ2) is 5.21. The van der Waals surface area contributed by atoms with Crippen LogP contribution in [0.5, 0.6) is 5.75 Å².